The van der Waals surface area contributed by atoms with Gasteiger partial charge >= 0.3 is 5.51 Å². The fraction of sp³-hybridized carbons (Fsp3) is 0.409. The monoisotopic (exact) mass is 537 g/mol. The van der Waals surface area contributed by atoms with Crippen molar-refractivity contribution in [1.82, 2.24) is 10.3 Å². The average Bonchev–Trinajstić information content (AvgIpc) is 2.79. The van der Waals surface area contributed by atoms with E-state index in [1.807, 2.05) is 0 Å². The van der Waals surface area contributed by atoms with Crippen LogP contribution in [-0.2, 0) is 19.9 Å². The Kier molecular flexibility index (Phi) is 8.60. The fourth-order valence-electron chi connectivity index (χ4n) is 3.71. The number of amides is 2. The van der Waals surface area contributed by atoms with Gasteiger partial charge in [0.15, 0.2) is 5.54 Å². The van der Waals surface area contributed by atoms with Gasteiger partial charge in [0.25, 0.3) is 17.4 Å². The highest BCUT2D eigenvalue weighted by Crippen LogP contribution is 2.40. The zero-order chi connectivity index (χ0) is 25.8. The molecule has 1 aliphatic heterocycles. The van der Waals surface area contributed by atoms with Crippen LogP contribution < -0.4 is 10.2 Å². The Hall–Kier alpha value is -2.44. The maximum Gasteiger partial charge on any atom is 0.446 e. The average molecular weight is 538 g/mol. The number of anilines is 1. The molecule has 3 rings (SSSR count). The summed E-state index contributed by atoms with van der Waals surface area (Å²) >= 11 is 5.08. The third-order valence-corrected chi connectivity index (χ3v) is 6.37. The lowest BCUT2D eigenvalue weighted by molar-refractivity contribution is -0.132. The third-order valence-electron chi connectivity index (χ3n) is 5.45. The standard InChI is InChI=1S/C22H21ClF5N3O3S/c1-21(13-10-14(24)12-29-11-13,20(33)30-15-6-8-34-9-7-15)31(19(32)18(23)25)16-2-4-17(5-3-16)35-22(26,27)28/h2-5,10-12,15,18H,6-9H2,1H3,(H,30,33)/t18-,21?/m0/s1. The van der Waals surface area contributed by atoms with Crippen molar-refractivity contribution in [2.75, 3.05) is 18.1 Å². The molecule has 1 N–H and O–H groups in total. The lowest BCUT2D eigenvalue weighted by Gasteiger charge is -2.41. The zero-order valence-corrected chi connectivity index (χ0v) is 19.9. The lowest BCUT2D eigenvalue weighted by Crippen LogP contribution is -2.60. The minimum atomic E-state index is -4.55. The van der Waals surface area contributed by atoms with Crippen LogP contribution >= 0.6 is 23.4 Å². The van der Waals surface area contributed by atoms with Crippen LogP contribution in [0.5, 0.6) is 0 Å². The van der Waals surface area contributed by atoms with E-state index in [4.69, 9.17) is 16.3 Å². The molecule has 1 aromatic heterocycles. The predicted molar refractivity (Wildman–Crippen MR) is 120 cm³/mol. The van der Waals surface area contributed by atoms with Crippen LogP contribution in [0, 0.1) is 5.82 Å². The summed E-state index contributed by atoms with van der Waals surface area (Å²) in [5.74, 6) is -2.97. The van der Waals surface area contributed by atoms with E-state index in [-0.39, 0.29) is 34.0 Å². The number of thioether (sulfide) groups is 1. The summed E-state index contributed by atoms with van der Waals surface area (Å²) in [5, 5.41) is 2.78. The molecule has 6 nitrogen and oxygen atoms in total. The Balaban J connectivity index is 2.11. The molecule has 190 valence electrons. The quantitative estimate of drug-likeness (QED) is 0.309. The highest BCUT2D eigenvalue weighted by atomic mass is 35.5. The zero-order valence-electron chi connectivity index (χ0n) is 18.3. The number of nitrogens with one attached hydrogen (secondary N) is 1. The summed E-state index contributed by atoms with van der Waals surface area (Å²) in [7, 11) is 0. The van der Waals surface area contributed by atoms with Crippen molar-refractivity contribution in [1.29, 1.82) is 0 Å². The Labute approximate surface area is 207 Å². The van der Waals surface area contributed by atoms with Gasteiger partial charge in [-0.1, -0.05) is 11.6 Å². The van der Waals surface area contributed by atoms with Crippen LogP contribution in [0.25, 0.3) is 0 Å². The van der Waals surface area contributed by atoms with Gasteiger partial charge in [-0.3, -0.25) is 19.5 Å². The normalized spacial score (nSPS) is 17.3. The highest BCUT2D eigenvalue weighted by Gasteiger charge is 2.47. The number of carbonyl (C=O) groups excluding carboxylic acids is 2. The van der Waals surface area contributed by atoms with Gasteiger partial charge in [0.2, 0.25) is 0 Å². The summed E-state index contributed by atoms with van der Waals surface area (Å²) < 4.78 is 71.8. The molecule has 0 bridgehead atoms. The van der Waals surface area contributed by atoms with Gasteiger partial charge in [-0.05, 0) is 61.9 Å². The molecular weight excluding hydrogens is 517 g/mol. The molecule has 1 aromatic carbocycles. The van der Waals surface area contributed by atoms with Crippen molar-refractivity contribution < 1.29 is 36.3 Å². The first kappa shape index (κ1) is 27.2. The molecule has 0 saturated carbocycles. The molecule has 1 fully saturated rings. The van der Waals surface area contributed by atoms with E-state index in [1.165, 1.54) is 6.92 Å². The van der Waals surface area contributed by atoms with Crippen molar-refractivity contribution >= 4 is 40.9 Å². The maximum absolute atomic E-state index is 14.2. The molecule has 35 heavy (non-hydrogen) atoms. The number of hydrogen-bond acceptors (Lipinski definition) is 5. The molecule has 1 saturated heterocycles. The van der Waals surface area contributed by atoms with Gasteiger partial charge in [0, 0.05) is 41.6 Å². The largest absolute Gasteiger partial charge is 0.446 e. The molecule has 13 heteroatoms. The second-order valence-electron chi connectivity index (χ2n) is 7.84. The highest BCUT2D eigenvalue weighted by molar-refractivity contribution is 8.00. The number of alkyl halides is 5. The van der Waals surface area contributed by atoms with Crippen LogP contribution in [0.3, 0.4) is 0 Å². The van der Waals surface area contributed by atoms with Gasteiger partial charge in [-0.25, -0.2) is 8.78 Å². The van der Waals surface area contributed by atoms with Gasteiger partial charge in [-0.15, -0.1) is 0 Å². The van der Waals surface area contributed by atoms with Crippen molar-refractivity contribution in [3.63, 3.8) is 0 Å². The van der Waals surface area contributed by atoms with Gasteiger partial charge in [-0.2, -0.15) is 13.2 Å². The summed E-state index contributed by atoms with van der Waals surface area (Å²) in [6.45, 7) is 2.03. The van der Waals surface area contributed by atoms with E-state index < -0.39 is 34.3 Å². The Morgan fingerprint density at radius 2 is 1.83 bits per heavy atom. The number of benzene rings is 1. The molecule has 1 aliphatic rings. The number of hydrogen-bond donors (Lipinski definition) is 1. The molecule has 0 aliphatic carbocycles. The van der Waals surface area contributed by atoms with Crippen molar-refractivity contribution in [2.24, 2.45) is 0 Å². The number of carbonyl (C=O) groups is 2. The number of ether oxygens (including phenoxy) is 1. The molecule has 0 spiro atoms. The summed E-state index contributed by atoms with van der Waals surface area (Å²) in [5.41, 5.74) is -9.44. The van der Waals surface area contributed by atoms with Gasteiger partial charge in [0.1, 0.15) is 5.82 Å². The van der Waals surface area contributed by atoms with Crippen molar-refractivity contribution in [3.05, 3.63) is 54.1 Å². The Morgan fingerprint density at radius 1 is 1.20 bits per heavy atom. The first-order valence-electron chi connectivity index (χ1n) is 10.4. The minimum Gasteiger partial charge on any atom is -0.381 e. The minimum absolute atomic E-state index is 0.0959. The smallest absolute Gasteiger partial charge is 0.381 e. The van der Waals surface area contributed by atoms with E-state index in [0.717, 1.165) is 42.7 Å². The molecule has 0 radical (unpaired) electrons. The summed E-state index contributed by atoms with van der Waals surface area (Å²) in [4.78, 5) is 30.9. The van der Waals surface area contributed by atoms with Crippen LogP contribution in [0.2, 0.25) is 0 Å². The van der Waals surface area contributed by atoms with E-state index in [9.17, 15) is 31.5 Å². The maximum atomic E-state index is 14.2. The van der Waals surface area contributed by atoms with Crippen LogP contribution in [0.15, 0.2) is 47.6 Å². The number of halogens is 6. The van der Waals surface area contributed by atoms with Crippen LogP contribution in [0.1, 0.15) is 25.3 Å². The van der Waals surface area contributed by atoms with E-state index >= 15 is 0 Å². The molecule has 2 heterocycles. The molecule has 2 atom stereocenters. The first-order valence-corrected chi connectivity index (χ1v) is 11.6. The van der Waals surface area contributed by atoms with Crippen LogP contribution in [-0.4, -0.2) is 47.2 Å². The number of aromatic nitrogens is 1. The van der Waals surface area contributed by atoms with Gasteiger partial charge < -0.3 is 10.1 Å². The van der Waals surface area contributed by atoms with Gasteiger partial charge in [0.05, 0.1) is 6.20 Å². The fourth-order valence-corrected chi connectivity index (χ4v) is 4.34. The second-order valence-corrected chi connectivity index (χ2v) is 9.36. The summed E-state index contributed by atoms with van der Waals surface area (Å²) in [6, 6.07) is 5.00. The van der Waals surface area contributed by atoms with E-state index in [1.54, 1.807) is 0 Å². The summed E-state index contributed by atoms with van der Waals surface area (Å²) in [6.07, 6.45) is 2.97. The number of pyridine rings is 1. The molecule has 2 aromatic rings. The van der Waals surface area contributed by atoms with E-state index in [0.29, 0.717) is 31.0 Å². The number of rotatable bonds is 7. The topological polar surface area (TPSA) is 71.5 Å². The Morgan fingerprint density at radius 3 is 2.37 bits per heavy atom. The second kappa shape index (κ2) is 11.1. The predicted octanol–water partition coefficient (Wildman–Crippen LogP) is 4.91. The van der Waals surface area contributed by atoms with Crippen LogP contribution in [0.4, 0.5) is 27.6 Å². The molecule has 2 amide bonds. The third kappa shape index (κ3) is 6.62. The first-order chi connectivity index (χ1) is 16.4. The van der Waals surface area contributed by atoms with Crippen molar-refractivity contribution in [3.8, 4) is 0 Å². The SMILES string of the molecule is CC(C(=O)NC1CCOCC1)(c1cncc(F)c1)N(C(=O)[C@H](F)Cl)c1ccc(SC(F)(F)F)cc1. The molecule has 1 unspecified atom stereocenters. The Bertz CT molecular complexity index is 1050. The van der Waals surface area contributed by atoms with E-state index in [2.05, 4.69) is 10.3 Å². The molecular formula is C22H21ClF5N3O3S. The number of nitrogens with zero attached hydrogens (tertiary/aromatic N) is 2. The van der Waals surface area contributed by atoms with Crippen molar-refractivity contribution in [2.45, 2.75) is 47.4 Å². The lowest BCUT2D eigenvalue weighted by atomic mass is 9.88.